The SMILES string of the molecule is Cc1ccccc1NC(=O)c1ccc(N=C2C(=O)Nc3c2cc(Br)c(Cl)c3C)cc1. The second-order valence-corrected chi connectivity index (χ2v) is 8.18. The molecule has 5 nitrogen and oxygen atoms in total. The average molecular weight is 483 g/mol. The third kappa shape index (κ3) is 3.76. The number of aliphatic imine (C=N–C) groups is 1. The van der Waals surface area contributed by atoms with Crippen LogP contribution in [-0.2, 0) is 4.79 Å². The van der Waals surface area contributed by atoms with Gasteiger partial charge >= 0.3 is 0 Å². The number of rotatable bonds is 3. The zero-order valence-electron chi connectivity index (χ0n) is 16.2. The number of halogens is 2. The minimum atomic E-state index is -0.288. The summed E-state index contributed by atoms with van der Waals surface area (Å²) in [6.07, 6.45) is 0. The number of amides is 2. The van der Waals surface area contributed by atoms with E-state index in [1.807, 2.05) is 38.1 Å². The second kappa shape index (κ2) is 8.05. The Morgan fingerprint density at radius 1 is 1.10 bits per heavy atom. The predicted octanol–water partition coefficient (Wildman–Crippen LogP) is 6.04. The van der Waals surface area contributed by atoms with Crippen molar-refractivity contribution >= 4 is 62.1 Å². The largest absolute Gasteiger partial charge is 0.322 e. The molecule has 0 aromatic heterocycles. The van der Waals surface area contributed by atoms with Gasteiger partial charge in [0.25, 0.3) is 11.8 Å². The monoisotopic (exact) mass is 481 g/mol. The van der Waals surface area contributed by atoms with Gasteiger partial charge in [-0.05, 0) is 77.3 Å². The molecule has 0 saturated heterocycles. The van der Waals surface area contributed by atoms with Crippen LogP contribution in [0.1, 0.15) is 27.0 Å². The number of aryl methyl sites for hydroxylation is 1. The zero-order valence-corrected chi connectivity index (χ0v) is 18.6. The van der Waals surface area contributed by atoms with Gasteiger partial charge in [-0.2, -0.15) is 0 Å². The maximum absolute atomic E-state index is 12.5. The van der Waals surface area contributed by atoms with Crippen LogP contribution in [0.25, 0.3) is 0 Å². The summed E-state index contributed by atoms with van der Waals surface area (Å²) in [7, 11) is 0. The highest BCUT2D eigenvalue weighted by molar-refractivity contribution is 9.10. The minimum absolute atomic E-state index is 0.207. The maximum atomic E-state index is 12.5. The summed E-state index contributed by atoms with van der Waals surface area (Å²) in [4.78, 5) is 29.5. The van der Waals surface area contributed by atoms with Crippen LogP contribution in [0.3, 0.4) is 0 Å². The van der Waals surface area contributed by atoms with Crippen LogP contribution < -0.4 is 10.6 Å². The van der Waals surface area contributed by atoms with Crippen molar-refractivity contribution in [1.29, 1.82) is 0 Å². The molecule has 0 radical (unpaired) electrons. The molecule has 2 N–H and O–H groups in total. The van der Waals surface area contributed by atoms with Gasteiger partial charge < -0.3 is 10.6 Å². The number of nitrogens with zero attached hydrogens (tertiary/aromatic N) is 1. The van der Waals surface area contributed by atoms with E-state index in [2.05, 4.69) is 31.6 Å². The van der Waals surface area contributed by atoms with Crippen molar-refractivity contribution in [3.8, 4) is 0 Å². The van der Waals surface area contributed by atoms with E-state index in [-0.39, 0.29) is 11.8 Å². The van der Waals surface area contributed by atoms with Gasteiger partial charge in [-0.15, -0.1) is 0 Å². The highest BCUT2D eigenvalue weighted by atomic mass is 79.9. The lowest BCUT2D eigenvalue weighted by Crippen LogP contribution is -2.14. The molecule has 0 unspecified atom stereocenters. The maximum Gasteiger partial charge on any atom is 0.275 e. The standard InChI is InChI=1S/C23H17BrClN3O2/c1-12-5-3-4-6-18(12)27-22(29)14-7-9-15(10-8-14)26-21-16-11-17(24)19(25)13(2)20(16)28-23(21)30/h3-11H,1-2H3,(H,27,29)(H,26,28,30). The number of carbonyl (C=O) groups is 2. The number of nitrogens with one attached hydrogen (secondary N) is 2. The quantitative estimate of drug-likeness (QED) is 0.477. The number of hydrogen-bond donors (Lipinski definition) is 2. The van der Waals surface area contributed by atoms with Crippen LogP contribution in [-0.4, -0.2) is 17.5 Å². The summed E-state index contributed by atoms with van der Waals surface area (Å²) in [5.41, 5.74) is 5.28. The molecule has 0 spiro atoms. The smallest absolute Gasteiger partial charge is 0.275 e. The number of fused-ring (bicyclic) bond motifs is 1. The molecule has 0 aliphatic carbocycles. The van der Waals surface area contributed by atoms with Crippen LogP contribution in [0, 0.1) is 13.8 Å². The van der Waals surface area contributed by atoms with E-state index < -0.39 is 0 Å². The van der Waals surface area contributed by atoms with Gasteiger partial charge in [-0.3, -0.25) is 9.59 Å². The predicted molar refractivity (Wildman–Crippen MR) is 124 cm³/mol. The number of para-hydroxylation sites is 1. The fourth-order valence-electron chi connectivity index (χ4n) is 3.23. The summed E-state index contributed by atoms with van der Waals surface area (Å²) >= 11 is 9.68. The van der Waals surface area contributed by atoms with Crippen molar-refractivity contribution in [3.05, 3.63) is 86.3 Å². The van der Waals surface area contributed by atoms with E-state index in [9.17, 15) is 9.59 Å². The third-order valence-corrected chi connectivity index (χ3v) is 6.27. The molecule has 2 amide bonds. The Morgan fingerprint density at radius 3 is 2.50 bits per heavy atom. The first-order valence-electron chi connectivity index (χ1n) is 9.21. The van der Waals surface area contributed by atoms with Crippen LogP contribution in [0.4, 0.5) is 17.1 Å². The molecular formula is C23H17BrClN3O2. The molecule has 30 heavy (non-hydrogen) atoms. The number of anilines is 2. The second-order valence-electron chi connectivity index (χ2n) is 6.95. The van der Waals surface area contributed by atoms with Gasteiger partial charge in [0, 0.05) is 21.3 Å². The van der Waals surface area contributed by atoms with E-state index >= 15 is 0 Å². The van der Waals surface area contributed by atoms with Crippen molar-refractivity contribution < 1.29 is 9.59 Å². The summed E-state index contributed by atoms with van der Waals surface area (Å²) in [5.74, 6) is -0.495. The first kappa shape index (κ1) is 20.3. The molecule has 1 heterocycles. The summed E-state index contributed by atoms with van der Waals surface area (Å²) in [5, 5.41) is 6.28. The molecule has 1 aliphatic heterocycles. The Hall–Kier alpha value is -2.96. The van der Waals surface area contributed by atoms with Crippen LogP contribution >= 0.6 is 27.5 Å². The molecular weight excluding hydrogens is 466 g/mol. The first-order chi connectivity index (χ1) is 14.3. The van der Waals surface area contributed by atoms with Crippen molar-refractivity contribution in [2.75, 3.05) is 10.6 Å². The topological polar surface area (TPSA) is 70.6 Å². The highest BCUT2D eigenvalue weighted by Crippen LogP contribution is 2.38. The molecule has 0 saturated carbocycles. The highest BCUT2D eigenvalue weighted by Gasteiger charge is 2.29. The summed E-state index contributed by atoms with van der Waals surface area (Å²) < 4.78 is 0.702. The first-order valence-corrected chi connectivity index (χ1v) is 10.4. The number of benzene rings is 3. The molecule has 7 heteroatoms. The van der Waals surface area contributed by atoms with E-state index in [4.69, 9.17) is 11.6 Å². The fourth-order valence-corrected chi connectivity index (χ4v) is 3.91. The molecule has 4 rings (SSSR count). The Morgan fingerprint density at radius 2 is 1.80 bits per heavy atom. The van der Waals surface area contributed by atoms with E-state index in [1.54, 1.807) is 30.3 Å². The molecule has 0 atom stereocenters. The number of hydrogen-bond acceptors (Lipinski definition) is 3. The van der Waals surface area contributed by atoms with E-state index in [0.29, 0.717) is 37.7 Å². The summed E-state index contributed by atoms with van der Waals surface area (Å²) in [6, 6.07) is 16.2. The fraction of sp³-hybridized carbons (Fsp3) is 0.0870. The van der Waals surface area contributed by atoms with Gasteiger partial charge in [0.2, 0.25) is 0 Å². The Bertz CT molecular complexity index is 1220. The van der Waals surface area contributed by atoms with E-state index in [0.717, 1.165) is 16.8 Å². The van der Waals surface area contributed by atoms with E-state index in [1.165, 1.54) is 0 Å². The van der Waals surface area contributed by atoms with Crippen molar-refractivity contribution in [3.63, 3.8) is 0 Å². The molecule has 1 aliphatic rings. The van der Waals surface area contributed by atoms with Gasteiger partial charge in [0.05, 0.1) is 16.4 Å². The Labute approximate surface area is 187 Å². The van der Waals surface area contributed by atoms with Crippen LogP contribution in [0.5, 0.6) is 0 Å². The van der Waals surface area contributed by atoms with Crippen molar-refractivity contribution in [2.24, 2.45) is 4.99 Å². The van der Waals surface area contributed by atoms with Gasteiger partial charge in [-0.25, -0.2) is 4.99 Å². The third-order valence-electron chi connectivity index (χ3n) is 4.93. The lowest BCUT2D eigenvalue weighted by Gasteiger charge is -2.08. The lowest BCUT2D eigenvalue weighted by atomic mass is 10.1. The normalized spacial score (nSPS) is 13.9. The minimum Gasteiger partial charge on any atom is -0.322 e. The molecule has 0 fully saturated rings. The van der Waals surface area contributed by atoms with Gasteiger partial charge in [0.1, 0.15) is 5.71 Å². The number of carbonyl (C=O) groups excluding carboxylic acids is 2. The van der Waals surface area contributed by atoms with Crippen LogP contribution in [0.15, 0.2) is 64.1 Å². The molecule has 3 aromatic rings. The van der Waals surface area contributed by atoms with Crippen molar-refractivity contribution in [1.82, 2.24) is 0 Å². The summed E-state index contributed by atoms with van der Waals surface area (Å²) in [6.45, 7) is 3.78. The van der Waals surface area contributed by atoms with Gasteiger partial charge in [0.15, 0.2) is 0 Å². The molecule has 0 bridgehead atoms. The Balaban J connectivity index is 1.60. The van der Waals surface area contributed by atoms with Gasteiger partial charge in [-0.1, -0.05) is 29.8 Å². The average Bonchev–Trinajstić information content (AvgIpc) is 3.04. The van der Waals surface area contributed by atoms with Crippen molar-refractivity contribution in [2.45, 2.75) is 13.8 Å². The molecule has 150 valence electrons. The van der Waals surface area contributed by atoms with Crippen LogP contribution in [0.2, 0.25) is 5.02 Å². The Kier molecular flexibility index (Phi) is 5.45. The lowest BCUT2D eigenvalue weighted by molar-refractivity contribution is -0.110. The zero-order chi connectivity index (χ0) is 21.4. The molecule has 3 aromatic carbocycles.